The Morgan fingerprint density at radius 2 is 1.70 bits per heavy atom. The van der Waals surface area contributed by atoms with Crippen LogP contribution in [0.25, 0.3) is 0 Å². The number of hydrogen-bond donors (Lipinski definition) is 1. The maximum Gasteiger partial charge on any atom is 0.254 e. The molecule has 1 fully saturated rings. The van der Waals surface area contributed by atoms with Crippen molar-refractivity contribution in [1.82, 2.24) is 9.88 Å². The molecule has 2 aromatic carbocycles. The van der Waals surface area contributed by atoms with Gasteiger partial charge in [0.25, 0.3) is 5.91 Å². The molecular weight excluding hydrogens is 418 g/mol. The van der Waals surface area contributed by atoms with E-state index in [1.165, 1.54) is 0 Å². The second-order valence-corrected chi connectivity index (χ2v) is 7.74. The molecule has 2 heterocycles. The van der Waals surface area contributed by atoms with Crippen molar-refractivity contribution < 1.29 is 19.1 Å². The van der Waals surface area contributed by atoms with Crippen LogP contribution in [-0.2, 0) is 4.79 Å². The Morgan fingerprint density at radius 1 is 1.03 bits per heavy atom. The Labute approximate surface area is 192 Å². The zero-order valence-electron chi connectivity index (χ0n) is 18.3. The number of nitrogens with two attached hydrogens (primary N) is 1. The largest absolute Gasteiger partial charge is 0.457 e. The van der Waals surface area contributed by atoms with E-state index in [0.717, 1.165) is 17.7 Å². The van der Waals surface area contributed by atoms with Crippen LogP contribution in [0.15, 0.2) is 79.0 Å². The number of benzene rings is 2. The Morgan fingerprint density at radius 3 is 2.36 bits per heavy atom. The summed E-state index contributed by atoms with van der Waals surface area (Å²) in [6, 6.07) is 18.2. The molecule has 2 N–H and O–H groups in total. The molecule has 7 nitrogen and oxygen atoms in total. The Kier molecular flexibility index (Phi) is 6.69. The van der Waals surface area contributed by atoms with Crippen molar-refractivity contribution in [1.29, 1.82) is 0 Å². The fourth-order valence-corrected chi connectivity index (χ4v) is 3.74. The van der Waals surface area contributed by atoms with E-state index >= 15 is 0 Å². The number of carbonyl (C=O) groups excluding carboxylic acids is 2. The van der Waals surface area contributed by atoms with Gasteiger partial charge in [0.05, 0.1) is 0 Å². The van der Waals surface area contributed by atoms with E-state index in [2.05, 4.69) is 4.98 Å². The molecular formula is C26H25N3O4. The third-order valence-corrected chi connectivity index (χ3v) is 5.44. The molecule has 1 aliphatic heterocycles. The lowest BCUT2D eigenvalue weighted by molar-refractivity contribution is -0.125. The van der Waals surface area contributed by atoms with Crippen LogP contribution in [0.2, 0.25) is 0 Å². The van der Waals surface area contributed by atoms with E-state index in [4.69, 9.17) is 15.2 Å². The minimum atomic E-state index is -0.622. The van der Waals surface area contributed by atoms with Gasteiger partial charge in [0, 0.05) is 25.2 Å². The Bertz CT molecular complexity index is 1160. The first-order valence-electron chi connectivity index (χ1n) is 10.8. The van der Waals surface area contributed by atoms with Crippen LogP contribution in [-0.4, -0.2) is 34.8 Å². The van der Waals surface area contributed by atoms with Crippen LogP contribution in [0.3, 0.4) is 0 Å². The lowest BCUT2D eigenvalue weighted by Crippen LogP contribution is -2.26. The maximum absolute atomic E-state index is 12.1. The first-order chi connectivity index (χ1) is 16.0. The molecule has 1 aliphatic rings. The van der Waals surface area contributed by atoms with Crippen molar-refractivity contribution in [3.63, 3.8) is 0 Å². The number of carbonyl (C=O) groups is 2. The molecule has 0 aliphatic carbocycles. The summed E-state index contributed by atoms with van der Waals surface area (Å²) in [5.74, 6) is 1.49. The van der Waals surface area contributed by atoms with Gasteiger partial charge in [-0.1, -0.05) is 24.3 Å². The van der Waals surface area contributed by atoms with Crippen LogP contribution in [0.5, 0.6) is 23.1 Å². The standard InChI is InChI=1S/C26H25N3O4/c1-2-6-24(30)29-14-13-18(17-29)19-15-23(25(27)31)26(28-16-19)33-22-11-9-21(10-12-22)32-20-7-4-3-5-8-20/h2-12,15-16,18H,13-14,17H2,1H3,(H2,27,31). The summed E-state index contributed by atoms with van der Waals surface area (Å²) < 4.78 is 11.6. The molecule has 1 atom stereocenters. The molecule has 0 spiro atoms. The molecule has 1 saturated heterocycles. The summed E-state index contributed by atoms with van der Waals surface area (Å²) in [6.07, 6.45) is 5.77. The van der Waals surface area contributed by atoms with Gasteiger partial charge >= 0.3 is 0 Å². The molecule has 33 heavy (non-hydrogen) atoms. The van der Waals surface area contributed by atoms with Gasteiger partial charge in [-0.15, -0.1) is 0 Å². The summed E-state index contributed by atoms with van der Waals surface area (Å²) in [6.45, 7) is 3.05. The number of hydrogen-bond acceptors (Lipinski definition) is 5. The van der Waals surface area contributed by atoms with Gasteiger partial charge in [-0.2, -0.15) is 0 Å². The molecule has 0 saturated carbocycles. The minimum absolute atomic E-state index is 0.0114. The number of pyridine rings is 1. The fourth-order valence-electron chi connectivity index (χ4n) is 3.74. The van der Waals surface area contributed by atoms with Gasteiger partial charge in [0.15, 0.2) is 0 Å². The highest BCUT2D eigenvalue weighted by atomic mass is 16.5. The highest BCUT2D eigenvalue weighted by Crippen LogP contribution is 2.32. The number of nitrogens with zero attached hydrogens (tertiary/aromatic N) is 2. The van der Waals surface area contributed by atoms with Crippen molar-refractivity contribution in [3.8, 4) is 23.1 Å². The second-order valence-electron chi connectivity index (χ2n) is 7.74. The van der Waals surface area contributed by atoms with Gasteiger partial charge in [-0.25, -0.2) is 4.98 Å². The number of rotatable bonds is 7. The van der Waals surface area contributed by atoms with Crippen molar-refractivity contribution in [2.75, 3.05) is 13.1 Å². The lowest BCUT2D eigenvalue weighted by Gasteiger charge is -2.16. The summed E-state index contributed by atoms with van der Waals surface area (Å²) in [4.78, 5) is 30.4. The zero-order valence-corrected chi connectivity index (χ0v) is 18.3. The van der Waals surface area contributed by atoms with E-state index in [1.54, 1.807) is 53.6 Å². The van der Waals surface area contributed by atoms with Crippen LogP contribution < -0.4 is 15.2 Å². The van der Waals surface area contributed by atoms with Crippen molar-refractivity contribution in [2.45, 2.75) is 19.3 Å². The summed E-state index contributed by atoms with van der Waals surface area (Å²) in [7, 11) is 0. The van der Waals surface area contributed by atoms with Crippen LogP contribution in [0, 0.1) is 0 Å². The van der Waals surface area contributed by atoms with Gasteiger partial charge in [0.1, 0.15) is 22.8 Å². The quantitative estimate of drug-likeness (QED) is 0.536. The predicted octanol–water partition coefficient (Wildman–Crippen LogP) is 4.66. The first kappa shape index (κ1) is 22.1. The fraction of sp³-hybridized carbons (Fsp3) is 0.192. The van der Waals surface area contributed by atoms with E-state index in [-0.39, 0.29) is 23.3 Å². The number of likely N-dealkylation sites (tertiary alicyclic amines) is 1. The maximum atomic E-state index is 12.1. The number of para-hydroxylation sites is 1. The molecule has 2 amide bonds. The van der Waals surface area contributed by atoms with E-state index in [0.29, 0.717) is 24.6 Å². The van der Waals surface area contributed by atoms with Crippen molar-refractivity contribution >= 4 is 11.8 Å². The normalized spacial score (nSPS) is 15.5. The van der Waals surface area contributed by atoms with Gasteiger partial charge < -0.3 is 20.1 Å². The van der Waals surface area contributed by atoms with Gasteiger partial charge in [-0.05, 0) is 67.4 Å². The third-order valence-electron chi connectivity index (χ3n) is 5.44. The lowest BCUT2D eigenvalue weighted by atomic mass is 9.98. The average molecular weight is 444 g/mol. The highest BCUT2D eigenvalue weighted by molar-refractivity contribution is 5.95. The SMILES string of the molecule is CC=CC(=O)N1CCC(c2cnc(Oc3ccc(Oc4ccccc4)cc3)c(C(N)=O)c2)C1. The smallest absolute Gasteiger partial charge is 0.254 e. The second kappa shape index (κ2) is 9.99. The van der Waals surface area contributed by atoms with E-state index in [1.807, 2.05) is 37.3 Å². The molecule has 0 bridgehead atoms. The molecule has 168 valence electrons. The summed E-state index contributed by atoms with van der Waals surface area (Å²) in [5, 5.41) is 0. The number of ether oxygens (including phenoxy) is 2. The number of amides is 2. The topological polar surface area (TPSA) is 94.8 Å². The van der Waals surface area contributed by atoms with Crippen LogP contribution in [0.1, 0.15) is 35.2 Å². The predicted molar refractivity (Wildman–Crippen MR) is 125 cm³/mol. The number of primary amides is 1. The highest BCUT2D eigenvalue weighted by Gasteiger charge is 2.27. The van der Waals surface area contributed by atoms with E-state index in [9.17, 15) is 9.59 Å². The zero-order chi connectivity index (χ0) is 23.2. The molecule has 0 radical (unpaired) electrons. The third kappa shape index (κ3) is 5.38. The molecule has 3 aromatic rings. The minimum Gasteiger partial charge on any atom is -0.457 e. The molecule has 1 aromatic heterocycles. The summed E-state index contributed by atoms with van der Waals surface area (Å²) in [5.41, 5.74) is 6.67. The van der Waals surface area contributed by atoms with Crippen molar-refractivity contribution in [2.24, 2.45) is 5.73 Å². The molecule has 4 rings (SSSR count). The monoisotopic (exact) mass is 443 g/mol. The number of allylic oxidation sites excluding steroid dienone is 1. The van der Waals surface area contributed by atoms with Crippen molar-refractivity contribution in [3.05, 3.63) is 90.1 Å². The Balaban J connectivity index is 1.47. The van der Waals surface area contributed by atoms with Gasteiger partial charge in [-0.3, -0.25) is 9.59 Å². The first-order valence-corrected chi connectivity index (χ1v) is 10.8. The summed E-state index contributed by atoms with van der Waals surface area (Å²) >= 11 is 0. The molecule has 7 heteroatoms. The molecule has 1 unspecified atom stereocenters. The Hall–Kier alpha value is -4.13. The number of aromatic nitrogens is 1. The van der Waals surface area contributed by atoms with Crippen LogP contribution >= 0.6 is 0 Å². The average Bonchev–Trinajstić information content (AvgIpc) is 3.32. The van der Waals surface area contributed by atoms with Gasteiger partial charge in [0.2, 0.25) is 11.8 Å². The van der Waals surface area contributed by atoms with Crippen LogP contribution in [0.4, 0.5) is 0 Å². The van der Waals surface area contributed by atoms with E-state index < -0.39 is 5.91 Å².